The van der Waals surface area contributed by atoms with Crippen LogP contribution in [0.15, 0.2) is 21.7 Å². The van der Waals surface area contributed by atoms with Gasteiger partial charge in [0.15, 0.2) is 0 Å². The van der Waals surface area contributed by atoms with E-state index in [0.29, 0.717) is 39.0 Å². The lowest BCUT2D eigenvalue weighted by Gasteiger charge is -2.35. The highest BCUT2D eigenvalue weighted by molar-refractivity contribution is 7.91. The fourth-order valence-corrected chi connectivity index (χ4v) is 7.02. The minimum absolute atomic E-state index is 0.0428. The van der Waals surface area contributed by atoms with Gasteiger partial charge < -0.3 is 4.90 Å². The maximum Gasteiger partial charge on any atom is 0.253 e. The van der Waals surface area contributed by atoms with E-state index in [1.807, 2.05) is 0 Å². The molecule has 1 N–H and O–H groups in total. The minimum Gasteiger partial charge on any atom is -0.341 e. The Kier molecular flexibility index (Phi) is 6.26. The van der Waals surface area contributed by atoms with Gasteiger partial charge in [-0.3, -0.25) is 4.79 Å². The van der Waals surface area contributed by atoms with Crippen molar-refractivity contribution in [3.05, 3.63) is 17.5 Å². The van der Waals surface area contributed by atoms with Crippen LogP contribution in [0.5, 0.6) is 0 Å². The Balaban J connectivity index is 1.69. The van der Waals surface area contributed by atoms with Gasteiger partial charge in [-0.1, -0.05) is 6.07 Å². The number of thiophene rings is 1. The number of carbonyl (C=O) groups is 1. The molecule has 0 radical (unpaired) electrons. The van der Waals surface area contributed by atoms with E-state index >= 15 is 0 Å². The summed E-state index contributed by atoms with van der Waals surface area (Å²) in [5.74, 6) is -0.127. The summed E-state index contributed by atoms with van der Waals surface area (Å²) in [6.45, 7) is 1.68. The van der Waals surface area contributed by atoms with E-state index in [4.69, 9.17) is 0 Å². The lowest BCUT2D eigenvalue weighted by molar-refractivity contribution is -0.136. The molecule has 2 saturated heterocycles. The zero-order valence-electron chi connectivity index (χ0n) is 15.2. The zero-order chi connectivity index (χ0) is 19.7. The van der Waals surface area contributed by atoms with E-state index in [-0.39, 0.29) is 16.0 Å². The Morgan fingerprint density at radius 3 is 2.63 bits per heavy atom. The second kappa shape index (κ2) is 8.16. The first-order valence-electron chi connectivity index (χ1n) is 8.97. The number of rotatable bonds is 6. The van der Waals surface area contributed by atoms with Crippen molar-refractivity contribution < 1.29 is 21.6 Å². The molecular formula is C16H25N3O5S3. The van der Waals surface area contributed by atoms with Gasteiger partial charge >= 0.3 is 0 Å². The highest BCUT2D eigenvalue weighted by Crippen LogP contribution is 2.30. The summed E-state index contributed by atoms with van der Waals surface area (Å²) < 4.78 is 52.4. The molecule has 3 rings (SSSR count). The van der Waals surface area contributed by atoms with Crippen molar-refractivity contribution in [3.63, 3.8) is 0 Å². The van der Waals surface area contributed by atoms with Crippen molar-refractivity contribution in [3.8, 4) is 0 Å². The van der Waals surface area contributed by atoms with E-state index in [0.717, 1.165) is 30.4 Å². The van der Waals surface area contributed by atoms with Crippen LogP contribution >= 0.6 is 11.3 Å². The largest absolute Gasteiger partial charge is 0.341 e. The molecule has 0 saturated carbocycles. The van der Waals surface area contributed by atoms with Crippen molar-refractivity contribution in [1.82, 2.24) is 13.9 Å². The van der Waals surface area contributed by atoms with Crippen LogP contribution in [0, 0.1) is 5.92 Å². The quantitative estimate of drug-likeness (QED) is 0.708. The van der Waals surface area contributed by atoms with Crippen molar-refractivity contribution in [2.24, 2.45) is 5.92 Å². The van der Waals surface area contributed by atoms with E-state index in [1.54, 1.807) is 22.4 Å². The van der Waals surface area contributed by atoms with Crippen molar-refractivity contribution >= 4 is 37.3 Å². The van der Waals surface area contributed by atoms with Gasteiger partial charge in [-0.05, 0) is 43.0 Å². The number of amides is 1. The molecule has 0 aromatic carbocycles. The van der Waals surface area contributed by atoms with Crippen LogP contribution in [0.1, 0.15) is 25.7 Å². The Hall–Kier alpha value is -1.01. The number of piperidine rings is 1. The summed E-state index contributed by atoms with van der Waals surface area (Å²) in [6, 6.07) is 2.58. The van der Waals surface area contributed by atoms with Gasteiger partial charge in [-0.2, -0.15) is 4.31 Å². The average molecular weight is 436 g/mol. The molecular weight excluding hydrogens is 410 g/mol. The number of nitrogens with zero attached hydrogens (tertiary/aromatic N) is 2. The molecule has 0 aliphatic carbocycles. The zero-order valence-corrected chi connectivity index (χ0v) is 17.7. The topological polar surface area (TPSA) is 104 Å². The lowest BCUT2D eigenvalue weighted by atomic mass is 9.97. The summed E-state index contributed by atoms with van der Waals surface area (Å²) in [7, 11) is -6.93. The normalized spacial score (nSPS) is 25.0. The van der Waals surface area contributed by atoms with Gasteiger partial charge in [0.1, 0.15) is 10.3 Å². The molecule has 8 nitrogen and oxygen atoms in total. The van der Waals surface area contributed by atoms with E-state index < -0.39 is 26.1 Å². The van der Waals surface area contributed by atoms with Gasteiger partial charge in [0.25, 0.3) is 10.0 Å². The molecule has 27 heavy (non-hydrogen) atoms. The summed E-state index contributed by atoms with van der Waals surface area (Å²) in [6.07, 6.45) is 3.92. The lowest BCUT2D eigenvalue weighted by Crippen LogP contribution is -2.51. The number of sulfonamides is 2. The highest BCUT2D eigenvalue weighted by atomic mass is 32.2. The van der Waals surface area contributed by atoms with Gasteiger partial charge in [-0.15, -0.1) is 11.3 Å². The molecule has 11 heteroatoms. The molecule has 2 fully saturated rings. The Morgan fingerprint density at radius 1 is 1.22 bits per heavy atom. The van der Waals surface area contributed by atoms with Gasteiger partial charge in [0, 0.05) is 26.2 Å². The van der Waals surface area contributed by atoms with Crippen LogP contribution in [0.3, 0.4) is 0 Å². The summed E-state index contributed by atoms with van der Waals surface area (Å²) >= 11 is 1.16. The number of hydrogen-bond acceptors (Lipinski definition) is 6. The first kappa shape index (κ1) is 20.7. The van der Waals surface area contributed by atoms with E-state index in [9.17, 15) is 21.6 Å². The second-order valence-corrected chi connectivity index (χ2v) is 12.0. The molecule has 0 bridgehead atoms. The first-order valence-corrected chi connectivity index (χ1v) is 13.2. The summed E-state index contributed by atoms with van der Waals surface area (Å²) in [5.41, 5.74) is 0. The average Bonchev–Trinajstić information content (AvgIpc) is 3.30. The van der Waals surface area contributed by atoms with Crippen LogP contribution in [-0.4, -0.2) is 70.4 Å². The van der Waals surface area contributed by atoms with Crippen LogP contribution in [0.4, 0.5) is 0 Å². The SMILES string of the molecule is CS(=O)(=O)NCC1CCCN(C(=O)C2CCCN2S(=O)(=O)c2cccs2)C1. The van der Waals surface area contributed by atoms with E-state index in [1.165, 1.54) is 4.31 Å². The second-order valence-electron chi connectivity index (χ2n) is 7.12. The molecule has 2 aliphatic rings. The summed E-state index contributed by atoms with van der Waals surface area (Å²) in [5, 5.41) is 1.71. The molecule has 1 aromatic rings. The maximum absolute atomic E-state index is 13.1. The number of carbonyl (C=O) groups excluding carboxylic acids is 1. The Morgan fingerprint density at radius 2 is 1.96 bits per heavy atom. The molecule has 3 heterocycles. The predicted molar refractivity (Wildman–Crippen MR) is 103 cm³/mol. The predicted octanol–water partition coefficient (Wildman–Crippen LogP) is 0.689. The fourth-order valence-electron chi connectivity index (χ4n) is 3.71. The van der Waals surface area contributed by atoms with Crippen LogP contribution in [0.2, 0.25) is 0 Å². The van der Waals surface area contributed by atoms with Gasteiger partial charge in [-0.25, -0.2) is 21.6 Å². The first-order chi connectivity index (χ1) is 12.7. The number of nitrogens with one attached hydrogen (secondary N) is 1. The molecule has 2 aliphatic heterocycles. The molecule has 2 unspecified atom stereocenters. The highest BCUT2D eigenvalue weighted by Gasteiger charge is 2.42. The molecule has 0 spiro atoms. The molecule has 2 atom stereocenters. The third-order valence-corrected chi connectivity index (χ3v) is 8.98. The third kappa shape index (κ3) is 4.89. The number of likely N-dealkylation sites (tertiary alicyclic amines) is 1. The van der Waals surface area contributed by atoms with E-state index in [2.05, 4.69) is 4.72 Å². The van der Waals surface area contributed by atoms with Crippen LogP contribution in [-0.2, 0) is 24.8 Å². The van der Waals surface area contributed by atoms with Crippen molar-refractivity contribution in [2.45, 2.75) is 35.9 Å². The standard InChI is InChI=1S/C16H25N3O5S3/c1-26(21,22)17-11-13-5-2-8-18(12-13)16(20)14-6-3-9-19(14)27(23,24)15-7-4-10-25-15/h4,7,10,13-14,17H,2-3,5-6,8-9,11-12H2,1H3. The van der Waals surface area contributed by atoms with Crippen molar-refractivity contribution in [1.29, 1.82) is 0 Å². The van der Waals surface area contributed by atoms with Crippen LogP contribution in [0.25, 0.3) is 0 Å². The van der Waals surface area contributed by atoms with Gasteiger partial charge in [0.05, 0.1) is 6.26 Å². The molecule has 1 aromatic heterocycles. The Bertz CT molecular complexity index is 867. The molecule has 1 amide bonds. The smallest absolute Gasteiger partial charge is 0.253 e. The fraction of sp³-hybridized carbons (Fsp3) is 0.688. The minimum atomic E-state index is -3.66. The van der Waals surface area contributed by atoms with Crippen LogP contribution < -0.4 is 4.72 Å². The third-order valence-electron chi connectivity index (χ3n) is 5.01. The Labute approximate surface area is 164 Å². The van der Waals surface area contributed by atoms with Crippen molar-refractivity contribution in [2.75, 3.05) is 32.4 Å². The monoisotopic (exact) mass is 435 g/mol. The van der Waals surface area contributed by atoms with Gasteiger partial charge in [0.2, 0.25) is 15.9 Å². The number of hydrogen-bond donors (Lipinski definition) is 1. The summed E-state index contributed by atoms with van der Waals surface area (Å²) in [4.78, 5) is 14.8. The maximum atomic E-state index is 13.1. The molecule has 152 valence electrons.